The van der Waals surface area contributed by atoms with Crippen molar-refractivity contribution in [1.29, 1.82) is 0 Å². The highest BCUT2D eigenvalue weighted by molar-refractivity contribution is 6.02. The van der Waals surface area contributed by atoms with Crippen molar-refractivity contribution in [3.63, 3.8) is 0 Å². The Morgan fingerprint density at radius 3 is 2.70 bits per heavy atom. The van der Waals surface area contributed by atoms with E-state index in [-0.39, 0.29) is 17.4 Å². The van der Waals surface area contributed by atoms with E-state index in [0.717, 1.165) is 0 Å². The van der Waals surface area contributed by atoms with Gasteiger partial charge in [0.2, 0.25) is 0 Å². The van der Waals surface area contributed by atoms with E-state index in [9.17, 15) is 4.79 Å². The number of ether oxygens (including phenoxy) is 2. The Morgan fingerprint density at radius 2 is 1.95 bits per heavy atom. The molecule has 2 aromatic rings. The summed E-state index contributed by atoms with van der Waals surface area (Å²) in [6, 6.07) is 5.19. The molecule has 1 aliphatic rings. The zero-order chi connectivity index (χ0) is 13.9. The van der Waals surface area contributed by atoms with Crippen LogP contribution in [-0.2, 0) is 0 Å². The molecule has 102 valence electrons. The number of amides is 1. The average Bonchev–Trinajstić information content (AvgIpc) is 2.48. The van der Waals surface area contributed by atoms with Crippen LogP contribution in [0, 0.1) is 0 Å². The van der Waals surface area contributed by atoms with Crippen molar-refractivity contribution in [2.75, 3.05) is 24.3 Å². The molecule has 0 aliphatic carbocycles. The number of anilines is 2. The minimum atomic E-state index is -0.367. The smallest absolute Gasteiger partial charge is 0.275 e. The van der Waals surface area contributed by atoms with Crippen molar-refractivity contribution in [2.24, 2.45) is 0 Å². The molecule has 7 heteroatoms. The molecule has 1 aromatic heterocycles. The van der Waals surface area contributed by atoms with Gasteiger partial charge in [-0.05, 0) is 12.1 Å². The lowest BCUT2D eigenvalue weighted by molar-refractivity contribution is 0.102. The van der Waals surface area contributed by atoms with Crippen LogP contribution >= 0.6 is 0 Å². The first-order chi connectivity index (χ1) is 9.72. The maximum Gasteiger partial charge on any atom is 0.275 e. The van der Waals surface area contributed by atoms with Gasteiger partial charge in [-0.15, -0.1) is 0 Å². The molecule has 3 N–H and O–H groups in total. The number of carbonyl (C=O) groups is 1. The maximum absolute atomic E-state index is 12.0. The number of benzene rings is 1. The fourth-order valence-electron chi connectivity index (χ4n) is 1.77. The largest absolute Gasteiger partial charge is 0.486 e. The highest BCUT2D eigenvalue weighted by Gasteiger charge is 2.14. The molecule has 0 saturated carbocycles. The molecular formula is C13H12N4O3. The monoisotopic (exact) mass is 272 g/mol. The molecule has 0 atom stereocenters. The summed E-state index contributed by atoms with van der Waals surface area (Å²) in [4.78, 5) is 19.7. The van der Waals surface area contributed by atoms with Gasteiger partial charge in [-0.3, -0.25) is 4.79 Å². The van der Waals surface area contributed by atoms with E-state index in [1.165, 1.54) is 12.4 Å². The number of aromatic nitrogens is 2. The summed E-state index contributed by atoms with van der Waals surface area (Å²) in [6.45, 7) is 1.02. The second-order valence-corrected chi connectivity index (χ2v) is 4.14. The lowest BCUT2D eigenvalue weighted by Gasteiger charge is -2.18. The zero-order valence-corrected chi connectivity index (χ0v) is 10.5. The van der Waals surface area contributed by atoms with E-state index in [2.05, 4.69) is 15.3 Å². The third-order valence-electron chi connectivity index (χ3n) is 2.70. The van der Waals surface area contributed by atoms with Gasteiger partial charge in [-0.2, -0.15) is 0 Å². The lowest BCUT2D eigenvalue weighted by atomic mass is 10.2. The number of hydrogen-bond acceptors (Lipinski definition) is 6. The number of nitrogen functional groups attached to an aromatic ring is 1. The summed E-state index contributed by atoms with van der Waals surface area (Å²) in [5, 5.41) is 2.71. The first kappa shape index (κ1) is 12.2. The van der Waals surface area contributed by atoms with Gasteiger partial charge < -0.3 is 20.5 Å². The molecule has 1 amide bonds. The van der Waals surface area contributed by atoms with Gasteiger partial charge in [0, 0.05) is 11.8 Å². The molecule has 1 aromatic carbocycles. The molecule has 0 fully saturated rings. The number of nitrogens with zero attached hydrogens (tertiary/aromatic N) is 2. The van der Waals surface area contributed by atoms with Crippen LogP contribution in [0.15, 0.2) is 30.6 Å². The summed E-state index contributed by atoms with van der Waals surface area (Å²) >= 11 is 0. The Hall–Kier alpha value is -2.83. The van der Waals surface area contributed by atoms with Gasteiger partial charge in [-0.25, -0.2) is 9.97 Å². The number of nitrogens with one attached hydrogen (secondary N) is 1. The van der Waals surface area contributed by atoms with Crippen molar-refractivity contribution in [2.45, 2.75) is 0 Å². The summed E-state index contributed by atoms with van der Waals surface area (Å²) in [5.74, 6) is 1.18. The topological polar surface area (TPSA) is 99.4 Å². The van der Waals surface area contributed by atoms with E-state index < -0.39 is 0 Å². The Bertz CT molecular complexity index is 643. The molecule has 7 nitrogen and oxygen atoms in total. The van der Waals surface area contributed by atoms with Crippen molar-refractivity contribution in [3.05, 3.63) is 36.3 Å². The van der Waals surface area contributed by atoms with Crippen LogP contribution < -0.4 is 20.5 Å². The first-order valence-corrected chi connectivity index (χ1v) is 6.01. The van der Waals surface area contributed by atoms with Crippen LogP contribution in [-0.4, -0.2) is 29.1 Å². The van der Waals surface area contributed by atoms with Crippen molar-refractivity contribution >= 4 is 17.4 Å². The molecule has 0 bridgehead atoms. The van der Waals surface area contributed by atoms with E-state index >= 15 is 0 Å². The number of carbonyl (C=O) groups excluding carboxylic acids is 1. The third kappa shape index (κ3) is 2.46. The average molecular weight is 272 g/mol. The maximum atomic E-state index is 12.0. The first-order valence-electron chi connectivity index (χ1n) is 6.01. The summed E-state index contributed by atoms with van der Waals surface area (Å²) in [6.07, 6.45) is 2.65. The normalized spacial score (nSPS) is 12.8. The highest BCUT2D eigenvalue weighted by Crippen LogP contribution is 2.32. The van der Waals surface area contributed by atoms with Gasteiger partial charge in [0.05, 0.1) is 12.4 Å². The molecular weight excluding hydrogens is 260 g/mol. The fourth-order valence-corrected chi connectivity index (χ4v) is 1.77. The minimum absolute atomic E-state index is 0.189. The van der Waals surface area contributed by atoms with Crippen LogP contribution in [0.25, 0.3) is 0 Å². The summed E-state index contributed by atoms with van der Waals surface area (Å²) in [5.41, 5.74) is 6.20. The molecule has 3 rings (SSSR count). The zero-order valence-electron chi connectivity index (χ0n) is 10.5. The van der Waals surface area contributed by atoms with Crippen LogP contribution in [0.2, 0.25) is 0 Å². The highest BCUT2D eigenvalue weighted by atomic mass is 16.6. The van der Waals surface area contributed by atoms with Crippen molar-refractivity contribution < 1.29 is 14.3 Å². The number of fused-ring (bicyclic) bond motifs is 1. The second-order valence-electron chi connectivity index (χ2n) is 4.14. The van der Waals surface area contributed by atoms with E-state index in [0.29, 0.717) is 30.4 Å². The quantitative estimate of drug-likeness (QED) is 0.848. The fraction of sp³-hybridized carbons (Fsp3) is 0.154. The molecule has 0 radical (unpaired) electrons. The van der Waals surface area contributed by atoms with E-state index in [1.807, 2.05) is 0 Å². The van der Waals surface area contributed by atoms with Crippen LogP contribution in [0.3, 0.4) is 0 Å². The second kappa shape index (κ2) is 5.04. The molecule has 0 unspecified atom stereocenters. The van der Waals surface area contributed by atoms with Gasteiger partial charge in [-0.1, -0.05) is 0 Å². The van der Waals surface area contributed by atoms with Gasteiger partial charge in [0.25, 0.3) is 5.91 Å². The van der Waals surface area contributed by atoms with E-state index in [4.69, 9.17) is 15.2 Å². The Balaban J connectivity index is 1.77. The molecule has 0 saturated heterocycles. The predicted molar refractivity (Wildman–Crippen MR) is 71.8 cm³/mol. The number of rotatable bonds is 2. The predicted octanol–water partition coefficient (Wildman–Crippen LogP) is 1.08. The third-order valence-corrected chi connectivity index (χ3v) is 2.70. The van der Waals surface area contributed by atoms with Gasteiger partial charge >= 0.3 is 0 Å². The van der Waals surface area contributed by atoms with Gasteiger partial charge in [0.15, 0.2) is 11.5 Å². The van der Waals surface area contributed by atoms with Gasteiger partial charge in [0.1, 0.15) is 24.7 Å². The van der Waals surface area contributed by atoms with Crippen LogP contribution in [0.1, 0.15) is 10.5 Å². The van der Waals surface area contributed by atoms with Crippen LogP contribution in [0.5, 0.6) is 11.5 Å². The Morgan fingerprint density at radius 1 is 1.15 bits per heavy atom. The molecule has 2 heterocycles. The van der Waals surface area contributed by atoms with Crippen molar-refractivity contribution in [1.82, 2.24) is 9.97 Å². The van der Waals surface area contributed by atoms with Crippen molar-refractivity contribution in [3.8, 4) is 11.5 Å². The molecule has 0 spiro atoms. The Kier molecular flexibility index (Phi) is 3.08. The standard InChI is InChI=1S/C13H12N4O3/c14-12-7-15-9(6-16-12)13(18)17-8-1-2-10-11(5-8)20-4-3-19-10/h1-2,5-7H,3-4H2,(H2,14,16)(H,17,18). The molecule has 1 aliphatic heterocycles. The SMILES string of the molecule is Nc1cnc(C(=O)Nc2ccc3c(c2)OCCO3)cn1. The summed E-state index contributed by atoms with van der Waals surface area (Å²) in [7, 11) is 0. The number of hydrogen-bond donors (Lipinski definition) is 2. The molecule has 20 heavy (non-hydrogen) atoms. The van der Waals surface area contributed by atoms with Crippen LogP contribution in [0.4, 0.5) is 11.5 Å². The Labute approximate surface area is 114 Å². The lowest BCUT2D eigenvalue weighted by Crippen LogP contribution is -2.17. The number of nitrogens with two attached hydrogens (primary N) is 1. The minimum Gasteiger partial charge on any atom is -0.486 e. The summed E-state index contributed by atoms with van der Waals surface area (Å²) < 4.78 is 10.9. The van der Waals surface area contributed by atoms with E-state index in [1.54, 1.807) is 18.2 Å².